The van der Waals surface area contributed by atoms with E-state index >= 15 is 0 Å². The van der Waals surface area contributed by atoms with Gasteiger partial charge in [0.25, 0.3) is 0 Å². The minimum atomic E-state index is -0.982. The molecule has 0 radical (unpaired) electrons. The molecule has 0 unspecified atom stereocenters. The van der Waals surface area contributed by atoms with Gasteiger partial charge >= 0.3 is 11.9 Å². The molecule has 0 fully saturated rings. The first-order valence-corrected chi connectivity index (χ1v) is 7.11. The van der Waals surface area contributed by atoms with Gasteiger partial charge in [-0.15, -0.1) is 0 Å². The maximum Gasteiger partial charge on any atom is 0.327 e. The molecule has 0 heterocycles. The minimum Gasteiger partial charge on any atom is -0.478 e. The fraction of sp³-hybridized carbons (Fsp3) is 0.455. The highest BCUT2D eigenvalue weighted by Gasteiger charge is 2.25. The number of carboxylic acids is 2. The molecule has 0 aromatic rings. The van der Waals surface area contributed by atoms with E-state index in [1.165, 1.54) is 0 Å². The Labute approximate surface area is 117 Å². The van der Waals surface area contributed by atoms with Crippen molar-refractivity contribution in [3.05, 3.63) is 24.3 Å². The zero-order chi connectivity index (χ0) is 13.3. The van der Waals surface area contributed by atoms with E-state index < -0.39 is 11.9 Å². The van der Waals surface area contributed by atoms with Gasteiger partial charge in [0, 0.05) is 22.8 Å². The van der Waals surface area contributed by atoms with Gasteiger partial charge in [0.05, 0.1) is 0 Å². The second-order valence-corrected chi connectivity index (χ2v) is 4.78. The smallest absolute Gasteiger partial charge is 0.327 e. The molecule has 4 nitrogen and oxygen atoms in total. The summed E-state index contributed by atoms with van der Waals surface area (Å²) in [6.07, 6.45) is 6.47. The number of rotatable bonds is 8. The van der Waals surface area contributed by atoms with Gasteiger partial charge in [-0.2, -0.15) is 0 Å². The third-order valence-electron chi connectivity index (χ3n) is 2.19. The van der Waals surface area contributed by atoms with Crippen molar-refractivity contribution in [2.24, 2.45) is 5.41 Å². The van der Waals surface area contributed by atoms with E-state index in [0.717, 1.165) is 12.2 Å². The number of carboxylic acid groups (broad SMARTS) is 2. The van der Waals surface area contributed by atoms with Crippen LogP contribution in [0.25, 0.3) is 0 Å². The van der Waals surface area contributed by atoms with Crippen molar-refractivity contribution in [3.8, 4) is 0 Å². The van der Waals surface area contributed by atoms with Crippen molar-refractivity contribution in [2.45, 2.75) is 12.8 Å². The maximum atomic E-state index is 10.4. The van der Waals surface area contributed by atoms with E-state index in [1.54, 1.807) is 12.2 Å². The van der Waals surface area contributed by atoms with Gasteiger partial charge in [-0.05, 0) is 18.3 Å². The first-order chi connectivity index (χ1) is 7.95. The van der Waals surface area contributed by atoms with Gasteiger partial charge < -0.3 is 10.2 Å². The molecule has 0 spiro atoms. The van der Waals surface area contributed by atoms with Crippen LogP contribution in [0.15, 0.2) is 24.3 Å². The van der Waals surface area contributed by atoms with Crippen LogP contribution in [0.2, 0.25) is 0 Å². The lowest BCUT2D eigenvalue weighted by Crippen LogP contribution is -2.23. The molecular weight excluding hydrogens is 356 g/mol. The van der Waals surface area contributed by atoms with E-state index in [4.69, 9.17) is 10.2 Å². The lowest BCUT2D eigenvalue weighted by Gasteiger charge is -2.27. The zero-order valence-electron chi connectivity index (χ0n) is 9.10. The number of allylic oxidation sites excluding steroid dienone is 2. The van der Waals surface area contributed by atoms with Crippen LogP contribution in [0.5, 0.6) is 0 Å². The van der Waals surface area contributed by atoms with Crippen LogP contribution in [0.3, 0.4) is 0 Å². The average molecular weight is 370 g/mol. The molecule has 0 aromatic heterocycles. The Bertz CT molecular complexity index is 291. The number of hydrogen-bond donors (Lipinski definition) is 2. The Morgan fingerprint density at radius 2 is 1.29 bits per heavy atom. The maximum absolute atomic E-state index is 10.4. The largest absolute Gasteiger partial charge is 0.478 e. The monoisotopic (exact) mass is 368 g/mol. The first kappa shape index (κ1) is 16.4. The number of carbonyl (C=O) groups is 2. The predicted octanol–water partition coefficient (Wildman–Crippen LogP) is 2.82. The number of hydrogen-bond acceptors (Lipinski definition) is 2. The second-order valence-electron chi connectivity index (χ2n) is 3.66. The Morgan fingerprint density at radius 1 is 0.941 bits per heavy atom. The van der Waals surface area contributed by atoms with Crippen LogP contribution >= 0.6 is 31.9 Å². The predicted molar refractivity (Wildman–Crippen MR) is 72.8 cm³/mol. The zero-order valence-corrected chi connectivity index (χ0v) is 12.3. The molecule has 0 atom stereocenters. The van der Waals surface area contributed by atoms with Crippen LogP contribution in [0.1, 0.15) is 12.8 Å². The Kier molecular flexibility index (Phi) is 8.16. The number of aliphatic carboxylic acids is 2. The topological polar surface area (TPSA) is 74.6 Å². The summed E-state index contributed by atoms with van der Waals surface area (Å²) in [5, 5.41) is 18.3. The quantitative estimate of drug-likeness (QED) is 0.509. The van der Waals surface area contributed by atoms with Crippen molar-refractivity contribution in [1.82, 2.24) is 0 Å². The summed E-state index contributed by atoms with van der Waals surface area (Å²) >= 11 is 6.75. The summed E-state index contributed by atoms with van der Waals surface area (Å²) in [6.45, 7) is 0. The summed E-state index contributed by atoms with van der Waals surface area (Å²) in [5.41, 5.74) is -0.210. The molecule has 6 heteroatoms. The lowest BCUT2D eigenvalue weighted by molar-refractivity contribution is -0.132. The normalized spacial score (nSPS) is 12.4. The third-order valence-corrected chi connectivity index (χ3v) is 4.57. The molecular formula is C11H14Br2O4. The number of alkyl halides is 2. The Hall–Kier alpha value is -0.620. The van der Waals surface area contributed by atoms with Crippen molar-refractivity contribution in [1.29, 1.82) is 0 Å². The minimum absolute atomic E-state index is 0.210. The van der Waals surface area contributed by atoms with E-state index in [2.05, 4.69) is 31.9 Å². The molecule has 0 aromatic carbocycles. The molecule has 0 rings (SSSR count). The van der Waals surface area contributed by atoms with Gasteiger partial charge in [0.2, 0.25) is 0 Å². The summed E-state index contributed by atoms with van der Waals surface area (Å²) < 4.78 is 0. The Morgan fingerprint density at radius 3 is 1.53 bits per heavy atom. The summed E-state index contributed by atoms with van der Waals surface area (Å²) in [7, 11) is 0. The van der Waals surface area contributed by atoms with Crippen LogP contribution in [-0.2, 0) is 9.59 Å². The molecule has 17 heavy (non-hydrogen) atoms. The van der Waals surface area contributed by atoms with Crippen LogP contribution in [0.4, 0.5) is 0 Å². The highest BCUT2D eigenvalue weighted by Crippen LogP contribution is 2.32. The first-order valence-electron chi connectivity index (χ1n) is 4.86. The van der Waals surface area contributed by atoms with E-state index in [9.17, 15) is 9.59 Å². The van der Waals surface area contributed by atoms with E-state index in [-0.39, 0.29) is 5.41 Å². The molecule has 0 saturated carbocycles. The van der Waals surface area contributed by atoms with Crippen LogP contribution in [0, 0.1) is 5.41 Å². The summed E-state index contributed by atoms with van der Waals surface area (Å²) in [6, 6.07) is 0. The molecule has 0 aliphatic rings. The van der Waals surface area contributed by atoms with Crippen molar-refractivity contribution < 1.29 is 19.8 Å². The highest BCUT2D eigenvalue weighted by atomic mass is 79.9. The van der Waals surface area contributed by atoms with Crippen molar-refractivity contribution in [2.75, 3.05) is 10.7 Å². The average Bonchev–Trinajstić information content (AvgIpc) is 2.26. The fourth-order valence-corrected chi connectivity index (χ4v) is 3.00. The fourth-order valence-electron chi connectivity index (χ4n) is 1.16. The van der Waals surface area contributed by atoms with Crippen LogP contribution < -0.4 is 0 Å². The highest BCUT2D eigenvalue weighted by molar-refractivity contribution is 9.09. The van der Waals surface area contributed by atoms with E-state index in [0.29, 0.717) is 23.5 Å². The van der Waals surface area contributed by atoms with E-state index in [1.807, 2.05) is 0 Å². The molecule has 96 valence electrons. The molecule has 0 aliphatic carbocycles. The van der Waals surface area contributed by atoms with Gasteiger partial charge in [-0.3, -0.25) is 0 Å². The summed E-state index contributed by atoms with van der Waals surface area (Å²) in [4.78, 5) is 20.7. The standard InChI is InChI=1S/C11H14Br2O4/c12-7-11(8-13,5-1-3-9(14)15)6-2-4-10(16)17/h1-4H,5-8H2,(H,14,15)(H,16,17). The molecule has 0 saturated heterocycles. The molecule has 0 aliphatic heterocycles. The van der Waals surface area contributed by atoms with Crippen molar-refractivity contribution in [3.63, 3.8) is 0 Å². The Balaban J connectivity index is 4.55. The van der Waals surface area contributed by atoms with Crippen LogP contribution in [-0.4, -0.2) is 32.8 Å². The second kappa shape index (κ2) is 8.47. The molecule has 0 bridgehead atoms. The van der Waals surface area contributed by atoms with Gasteiger partial charge in [0.1, 0.15) is 0 Å². The summed E-state index contributed by atoms with van der Waals surface area (Å²) in [5.74, 6) is -1.96. The SMILES string of the molecule is O=C(O)C=CCC(CBr)(CBr)CC=CC(=O)O. The lowest BCUT2D eigenvalue weighted by atomic mass is 9.85. The number of halogens is 2. The van der Waals surface area contributed by atoms with Crippen molar-refractivity contribution >= 4 is 43.8 Å². The van der Waals surface area contributed by atoms with Gasteiger partial charge in [0.15, 0.2) is 0 Å². The molecule has 0 amide bonds. The third kappa shape index (κ3) is 7.33. The van der Waals surface area contributed by atoms with Gasteiger partial charge in [-0.25, -0.2) is 9.59 Å². The van der Waals surface area contributed by atoms with Gasteiger partial charge in [-0.1, -0.05) is 44.0 Å². The molecule has 2 N–H and O–H groups in total.